The lowest BCUT2D eigenvalue weighted by Crippen LogP contribution is -2.25. The first kappa shape index (κ1) is 21.9. The Balaban J connectivity index is 1.62. The average molecular weight is 475 g/mol. The highest BCUT2D eigenvalue weighted by atomic mass is 35.5. The summed E-state index contributed by atoms with van der Waals surface area (Å²) in [6.07, 6.45) is 1.51. The van der Waals surface area contributed by atoms with E-state index in [0.717, 1.165) is 22.0 Å². The molecule has 0 aliphatic rings. The molecule has 3 aromatic carbocycles. The molecule has 8 heteroatoms. The van der Waals surface area contributed by atoms with E-state index in [-0.39, 0.29) is 24.6 Å². The molecule has 6 nitrogen and oxygen atoms in total. The summed E-state index contributed by atoms with van der Waals surface area (Å²) in [5, 5.41) is 4.04. The van der Waals surface area contributed by atoms with E-state index in [9.17, 15) is 14.0 Å². The van der Waals surface area contributed by atoms with Gasteiger partial charge in [-0.25, -0.2) is 9.37 Å². The Kier molecular flexibility index (Phi) is 5.63. The maximum atomic E-state index is 13.6. The van der Waals surface area contributed by atoms with Crippen LogP contribution in [0.1, 0.15) is 11.1 Å². The summed E-state index contributed by atoms with van der Waals surface area (Å²) in [7, 11) is 0. The number of fused-ring (bicyclic) bond motifs is 3. The van der Waals surface area contributed by atoms with Gasteiger partial charge in [-0.2, -0.15) is 0 Å². The van der Waals surface area contributed by atoms with Crippen molar-refractivity contribution in [1.29, 1.82) is 0 Å². The second-order valence-corrected chi connectivity index (χ2v) is 8.54. The van der Waals surface area contributed by atoms with Crippen molar-refractivity contribution in [2.45, 2.75) is 20.0 Å². The van der Waals surface area contributed by atoms with Crippen molar-refractivity contribution < 1.29 is 9.18 Å². The summed E-state index contributed by atoms with van der Waals surface area (Å²) >= 11 is 6.29. The molecule has 2 aromatic heterocycles. The van der Waals surface area contributed by atoms with Crippen LogP contribution in [-0.4, -0.2) is 20.0 Å². The fourth-order valence-electron chi connectivity index (χ4n) is 4.11. The Morgan fingerprint density at radius 3 is 2.71 bits per heavy atom. The Hall–Kier alpha value is -3.97. The lowest BCUT2D eigenvalue weighted by Gasteiger charge is -2.10. The van der Waals surface area contributed by atoms with Crippen LogP contribution in [0.25, 0.3) is 21.9 Å². The van der Waals surface area contributed by atoms with Crippen LogP contribution in [-0.2, 0) is 17.9 Å². The van der Waals surface area contributed by atoms with Gasteiger partial charge in [0.1, 0.15) is 23.4 Å². The normalized spacial score (nSPS) is 11.3. The van der Waals surface area contributed by atoms with Crippen LogP contribution >= 0.6 is 11.6 Å². The van der Waals surface area contributed by atoms with Crippen molar-refractivity contribution in [3.05, 3.63) is 105 Å². The summed E-state index contributed by atoms with van der Waals surface area (Å²) < 4.78 is 16.7. The number of hydrogen-bond donors (Lipinski definition) is 1. The smallest absolute Gasteiger partial charge is 0.278 e. The molecule has 0 spiro atoms. The van der Waals surface area contributed by atoms with Crippen LogP contribution < -0.4 is 10.9 Å². The molecule has 0 atom stereocenters. The first-order valence-corrected chi connectivity index (χ1v) is 11.1. The van der Waals surface area contributed by atoms with Crippen molar-refractivity contribution in [2.24, 2.45) is 0 Å². The maximum Gasteiger partial charge on any atom is 0.278 e. The fraction of sp³-hybridized carbons (Fsp3) is 0.115. The van der Waals surface area contributed by atoms with E-state index < -0.39 is 5.82 Å². The molecule has 0 saturated heterocycles. The zero-order valence-corrected chi connectivity index (χ0v) is 19.0. The van der Waals surface area contributed by atoms with Gasteiger partial charge in [0.2, 0.25) is 5.91 Å². The van der Waals surface area contributed by atoms with Gasteiger partial charge in [0.25, 0.3) is 5.56 Å². The number of nitrogens with zero attached hydrogens (tertiary/aromatic N) is 3. The molecule has 5 aromatic rings. The summed E-state index contributed by atoms with van der Waals surface area (Å²) in [4.78, 5) is 31.0. The van der Waals surface area contributed by atoms with Crippen LogP contribution in [0, 0.1) is 12.7 Å². The second-order valence-electron chi connectivity index (χ2n) is 8.13. The van der Waals surface area contributed by atoms with Gasteiger partial charge >= 0.3 is 0 Å². The van der Waals surface area contributed by atoms with Crippen molar-refractivity contribution in [1.82, 2.24) is 14.1 Å². The van der Waals surface area contributed by atoms with Crippen molar-refractivity contribution in [3.8, 4) is 0 Å². The number of aryl methyl sites for hydroxylation is 1. The topological polar surface area (TPSA) is 68.9 Å². The minimum Gasteiger partial charge on any atom is -0.325 e. The van der Waals surface area contributed by atoms with Crippen molar-refractivity contribution in [2.75, 3.05) is 5.32 Å². The second kappa shape index (κ2) is 8.76. The number of benzene rings is 3. The van der Waals surface area contributed by atoms with Crippen LogP contribution in [0.15, 0.2) is 77.9 Å². The first-order valence-electron chi connectivity index (χ1n) is 10.7. The summed E-state index contributed by atoms with van der Waals surface area (Å²) in [5.74, 6) is -0.831. The highest BCUT2D eigenvalue weighted by molar-refractivity contribution is 6.31. The summed E-state index contributed by atoms with van der Waals surface area (Å²) in [6.45, 7) is 2.07. The SMILES string of the molecule is Cc1ccc2c(c1)c1ncn(Cc3ccccc3Cl)c(=O)c1n2CC(=O)Nc1cccc(F)c1. The Bertz CT molecular complexity index is 1620. The first-order chi connectivity index (χ1) is 16.4. The van der Waals surface area contributed by atoms with Gasteiger partial charge in [0.05, 0.1) is 18.4 Å². The zero-order chi connectivity index (χ0) is 23.8. The van der Waals surface area contributed by atoms with Crippen LogP contribution in [0.2, 0.25) is 5.02 Å². The zero-order valence-electron chi connectivity index (χ0n) is 18.3. The number of amides is 1. The van der Waals surface area contributed by atoms with Crippen LogP contribution in [0.3, 0.4) is 0 Å². The minimum atomic E-state index is -0.447. The molecule has 0 aliphatic carbocycles. The highest BCUT2D eigenvalue weighted by Gasteiger charge is 2.19. The molecule has 34 heavy (non-hydrogen) atoms. The van der Waals surface area contributed by atoms with Gasteiger partial charge in [-0.1, -0.05) is 47.5 Å². The molecule has 170 valence electrons. The Morgan fingerprint density at radius 2 is 1.91 bits per heavy atom. The fourth-order valence-corrected chi connectivity index (χ4v) is 4.31. The van der Waals surface area contributed by atoms with Gasteiger partial charge < -0.3 is 9.88 Å². The van der Waals surface area contributed by atoms with Crippen LogP contribution in [0.5, 0.6) is 0 Å². The highest BCUT2D eigenvalue weighted by Crippen LogP contribution is 2.27. The van der Waals surface area contributed by atoms with Gasteiger partial charge in [0, 0.05) is 16.1 Å². The number of carbonyl (C=O) groups is 1. The molecule has 0 unspecified atom stereocenters. The minimum absolute atomic E-state index is 0.132. The number of carbonyl (C=O) groups excluding carboxylic acids is 1. The molecular weight excluding hydrogens is 455 g/mol. The summed E-state index contributed by atoms with van der Waals surface area (Å²) in [5.41, 5.74) is 3.43. The predicted molar refractivity (Wildman–Crippen MR) is 132 cm³/mol. The number of hydrogen-bond acceptors (Lipinski definition) is 3. The molecule has 0 aliphatic heterocycles. The molecule has 0 fully saturated rings. The third kappa shape index (κ3) is 4.06. The number of anilines is 1. The molecular formula is C26H20ClFN4O2. The summed E-state index contributed by atoms with van der Waals surface area (Å²) in [6, 6.07) is 18.7. The van der Waals surface area contributed by atoms with E-state index >= 15 is 0 Å². The maximum absolute atomic E-state index is 13.6. The van der Waals surface area contributed by atoms with Gasteiger partial charge in [-0.15, -0.1) is 0 Å². The predicted octanol–water partition coefficient (Wildman–Crippen LogP) is 5.14. The van der Waals surface area contributed by atoms with E-state index in [1.165, 1.54) is 29.1 Å². The van der Waals surface area contributed by atoms with E-state index in [1.54, 1.807) is 16.7 Å². The molecule has 1 amide bonds. The van der Waals surface area contributed by atoms with E-state index in [4.69, 9.17) is 11.6 Å². The number of halogens is 2. The van der Waals surface area contributed by atoms with E-state index in [0.29, 0.717) is 21.7 Å². The lowest BCUT2D eigenvalue weighted by atomic mass is 10.1. The molecule has 5 rings (SSSR count). The molecule has 2 heterocycles. The van der Waals surface area contributed by atoms with Gasteiger partial charge in [-0.05, 0) is 48.9 Å². The lowest BCUT2D eigenvalue weighted by molar-refractivity contribution is -0.116. The van der Waals surface area contributed by atoms with Crippen molar-refractivity contribution in [3.63, 3.8) is 0 Å². The third-order valence-electron chi connectivity index (χ3n) is 5.69. The molecule has 0 radical (unpaired) electrons. The van der Waals surface area contributed by atoms with Gasteiger partial charge in [-0.3, -0.25) is 14.2 Å². The number of rotatable bonds is 5. The quantitative estimate of drug-likeness (QED) is 0.383. The molecule has 0 saturated carbocycles. The van der Waals surface area contributed by atoms with E-state index in [2.05, 4.69) is 10.3 Å². The van der Waals surface area contributed by atoms with Crippen molar-refractivity contribution >= 4 is 45.1 Å². The molecule has 1 N–H and O–H groups in total. The molecule has 0 bridgehead atoms. The standard InChI is InChI=1S/C26H20ClFN4O2/c1-16-9-10-22-20(11-16)24-25(32(22)14-23(33)30-19-7-4-6-18(28)12-19)26(34)31(15-29-24)13-17-5-2-3-8-21(17)27/h2-12,15H,13-14H2,1H3,(H,30,33). The van der Waals surface area contributed by atoms with Crippen LogP contribution in [0.4, 0.5) is 10.1 Å². The Labute approximate surface area is 199 Å². The Morgan fingerprint density at radius 1 is 1.09 bits per heavy atom. The largest absolute Gasteiger partial charge is 0.325 e. The monoisotopic (exact) mass is 474 g/mol. The van der Waals surface area contributed by atoms with E-state index in [1.807, 2.05) is 43.3 Å². The number of nitrogens with one attached hydrogen (secondary N) is 1. The van der Waals surface area contributed by atoms with Gasteiger partial charge in [0.15, 0.2) is 0 Å². The third-order valence-corrected chi connectivity index (χ3v) is 6.06. The average Bonchev–Trinajstić information content (AvgIpc) is 3.10. The number of aromatic nitrogens is 3.